The number of hydrogen-bond donors (Lipinski definition) is 3. The Morgan fingerprint density at radius 3 is 2.76 bits per heavy atom. The molecule has 0 saturated heterocycles. The number of nitrogens with zero attached hydrogens (tertiary/aromatic N) is 4. The van der Waals surface area contributed by atoms with Crippen LogP contribution in [0.4, 0.5) is 17.6 Å². The van der Waals surface area contributed by atoms with E-state index in [1.54, 1.807) is 6.20 Å². The van der Waals surface area contributed by atoms with Gasteiger partial charge >= 0.3 is 6.01 Å². The number of fused-ring (bicyclic) bond motifs is 1. The van der Waals surface area contributed by atoms with Gasteiger partial charge in [0, 0.05) is 17.3 Å². The second-order valence-corrected chi connectivity index (χ2v) is 4.15. The van der Waals surface area contributed by atoms with Crippen molar-refractivity contribution in [2.75, 3.05) is 17.9 Å². The molecule has 0 aliphatic carbocycles. The number of aromatic nitrogens is 4. The third-order valence-electron chi connectivity index (χ3n) is 2.79. The van der Waals surface area contributed by atoms with Crippen molar-refractivity contribution in [1.29, 1.82) is 0 Å². The molecule has 0 saturated carbocycles. The zero-order valence-corrected chi connectivity index (χ0v) is 11.2. The number of methoxy groups -OCH3 is 1. The molecule has 3 aromatic rings. The Bertz CT molecular complexity index is 755. The highest BCUT2D eigenvalue weighted by molar-refractivity contribution is 5.82. The van der Waals surface area contributed by atoms with Gasteiger partial charge in [0.1, 0.15) is 0 Å². The van der Waals surface area contributed by atoms with Crippen LogP contribution in [-0.2, 0) is 0 Å². The lowest BCUT2D eigenvalue weighted by molar-refractivity contribution is 0.379. The minimum Gasteiger partial charge on any atom is -0.467 e. The van der Waals surface area contributed by atoms with E-state index in [-0.39, 0.29) is 12.0 Å². The number of pyridine rings is 1. The van der Waals surface area contributed by atoms with Crippen molar-refractivity contribution in [2.24, 2.45) is 5.84 Å². The second-order valence-electron chi connectivity index (χ2n) is 4.15. The smallest absolute Gasteiger partial charge is 0.322 e. The van der Waals surface area contributed by atoms with Crippen molar-refractivity contribution < 1.29 is 4.74 Å². The molecular weight excluding hydrogens is 270 g/mol. The van der Waals surface area contributed by atoms with E-state index in [4.69, 9.17) is 10.6 Å². The molecule has 1 aromatic carbocycles. The average Bonchev–Trinajstić information content (AvgIpc) is 2.54. The van der Waals surface area contributed by atoms with Crippen LogP contribution in [0.1, 0.15) is 0 Å². The average molecular weight is 283 g/mol. The predicted molar refractivity (Wildman–Crippen MR) is 79.2 cm³/mol. The first-order chi connectivity index (χ1) is 10.3. The molecule has 3 rings (SSSR count). The minimum atomic E-state index is 0.169. The number of hydrogen-bond acceptors (Lipinski definition) is 8. The van der Waals surface area contributed by atoms with Crippen molar-refractivity contribution in [1.82, 2.24) is 19.9 Å². The molecule has 0 radical (unpaired) electrons. The van der Waals surface area contributed by atoms with Crippen LogP contribution in [0.25, 0.3) is 10.9 Å². The summed E-state index contributed by atoms with van der Waals surface area (Å²) in [7, 11) is 1.47. The summed E-state index contributed by atoms with van der Waals surface area (Å²) in [4.78, 5) is 16.4. The van der Waals surface area contributed by atoms with Gasteiger partial charge in [0.2, 0.25) is 11.9 Å². The third-order valence-corrected chi connectivity index (χ3v) is 2.79. The van der Waals surface area contributed by atoms with Gasteiger partial charge < -0.3 is 10.1 Å². The fourth-order valence-corrected chi connectivity index (χ4v) is 1.85. The van der Waals surface area contributed by atoms with Crippen LogP contribution in [0.15, 0.2) is 36.5 Å². The SMILES string of the molecule is COc1nc(NN)nc(Nc2ccc3ncccc3c2)n1. The summed E-state index contributed by atoms with van der Waals surface area (Å²) in [5.41, 5.74) is 4.11. The third kappa shape index (κ3) is 2.79. The molecule has 0 fully saturated rings. The summed E-state index contributed by atoms with van der Waals surface area (Å²) in [5, 5.41) is 4.09. The van der Waals surface area contributed by atoms with E-state index >= 15 is 0 Å². The lowest BCUT2D eigenvalue weighted by Gasteiger charge is -2.08. The minimum absolute atomic E-state index is 0.169. The molecule has 0 unspecified atom stereocenters. The van der Waals surface area contributed by atoms with Crippen LogP contribution in [0.5, 0.6) is 6.01 Å². The molecule has 0 amide bonds. The second kappa shape index (κ2) is 5.55. The number of nitrogen functional groups attached to an aromatic ring is 1. The number of benzene rings is 1. The van der Waals surface area contributed by atoms with Crippen LogP contribution in [0, 0.1) is 0 Å². The molecule has 106 valence electrons. The van der Waals surface area contributed by atoms with Crippen LogP contribution in [0.3, 0.4) is 0 Å². The van der Waals surface area contributed by atoms with E-state index in [1.807, 2.05) is 30.3 Å². The molecule has 0 aliphatic rings. The fraction of sp³-hybridized carbons (Fsp3) is 0.0769. The Morgan fingerprint density at radius 2 is 1.95 bits per heavy atom. The molecule has 0 bridgehead atoms. The van der Waals surface area contributed by atoms with Crippen LogP contribution < -0.4 is 21.3 Å². The Labute approximate surface area is 120 Å². The molecule has 0 spiro atoms. The highest BCUT2D eigenvalue weighted by Gasteiger charge is 2.06. The van der Waals surface area contributed by atoms with E-state index in [9.17, 15) is 0 Å². The largest absolute Gasteiger partial charge is 0.467 e. The molecule has 8 heteroatoms. The van der Waals surface area contributed by atoms with Gasteiger partial charge in [-0.05, 0) is 24.3 Å². The fourth-order valence-electron chi connectivity index (χ4n) is 1.85. The van der Waals surface area contributed by atoms with E-state index < -0.39 is 0 Å². The molecular formula is C13H13N7O. The van der Waals surface area contributed by atoms with E-state index in [0.29, 0.717) is 5.95 Å². The van der Waals surface area contributed by atoms with Gasteiger partial charge in [-0.2, -0.15) is 15.0 Å². The van der Waals surface area contributed by atoms with E-state index in [0.717, 1.165) is 16.6 Å². The Balaban J connectivity index is 1.94. The van der Waals surface area contributed by atoms with Crippen molar-refractivity contribution >= 4 is 28.5 Å². The first kappa shape index (κ1) is 13.0. The lowest BCUT2D eigenvalue weighted by atomic mass is 10.2. The van der Waals surface area contributed by atoms with Crippen molar-refractivity contribution in [3.63, 3.8) is 0 Å². The van der Waals surface area contributed by atoms with Crippen molar-refractivity contribution in [2.45, 2.75) is 0 Å². The van der Waals surface area contributed by atoms with E-state index in [2.05, 4.69) is 30.7 Å². The highest BCUT2D eigenvalue weighted by atomic mass is 16.5. The van der Waals surface area contributed by atoms with Gasteiger partial charge in [0.25, 0.3) is 0 Å². The molecule has 8 nitrogen and oxygen atoms in total. The number of rotatable bonds is 4. The van der Waals surface area contributed by atoms with Gasteiger partial charge in [-0.15, -0.1) is 0 Å². The maximum absolute atomic E-state index is 5.32. The predicted octanol–water partition coefficient (Wildman–Crippen LogP) is 1.46. The summed E-state index contributed by atoms with van der Waals surface area (Å²) in [6.07, 6.45) is 1.76. The number of nitrogens with one attached hydrogen (secondary N) is 2. The Morgan fingerprint density at radius 1 is 1.10 bits per heavy atom. The Hall–Kier alpha value is -3.00. The van der Waals surface area contributed by atoms with Gasteiger partial charge in [-0.25, -0.2) is 5.84 Å². The number of ether oxygens (including phenoxy) is 1. The number of anilines is 3. The van der Waals surface area contributed by atoms with Gasteiger partial charge in [-0.1, -0.05) is 6.07 Å². The molecule has 21 heavy (non-hydrogen) atoms. The molecule has 2 heterocycles. The normalized spacial score (nSPS) is 10.4. The Kier molecular flexibility index (Phi) is 3.44. The molecule has 4 N–H and O–H groups in total. The maximum Gasteiger partial charge on any atom is 0.322 e. The standard InChI is InChI=1S/C13H13N7O/c1-21-13-18-11(17-12(19-13)20-14)16-9-4-5-10-8(7-9)3-2-6-15-10/h2-7H,14H2,1H3,(H2,16,17,18,19,20). The molecule has 2 aromatic heterocycles. The summed E-state index contributed by atoms with van der Waals surface area (Å²) in [6, 6.07) is 9.79. The first-order valence-electron chi connectivity index (χ1n) is 6.17. The van der Waals surface area contributed by atoms with Crippen molar-refractivity contribution in [3.8, 4) is 6.01 Å². The zero-order chi connectivity index (χ0) is 14.7. The van der Waals surface area contributed by atoms with Gasteiger partial charge in [0.05, 0.1) is 12.6 Å². The number of hydrazine groups is 1. The maximum atomic E-state index is 5.32. The summed E-state index contributed by atoms with van der Waals surface area (Å²) in [6.45, 7) is 0. The summed E-state index contributed by atoms with van der Waals surface area (Å²) >= 11 is 0. The summed E-state index contributed by atoms with van der Waals surface area (Å²) in [5.74, 6) is 5.86. The topological polar surface area (TPSA) is 111 Å². The zero-order valence-electron chi connectivity index (χ0n) is 11.2. The molecule has 0 aliphatic heterocycles. The van der Waals surface area contributed by atoms with Crippen LogP contribution in [-0.4, -0.2) is 27.0 Å². The van der Waals surface area contributed by atoms with Gasteiger partial charge in [0.15, 0.2) is 0 Å². The van der Waals surface area contributed by atoms with Crippen LogP contribution in [0.2, 0.25) is 0 Å². The van der Waals surface area contributed by atoms with E-state index in [1.165, 1.54) is 7.11 Å². The quantitative estimate of drug-likeness (QED) is 0.487. The first-order valence-corrected chi connectivity index (χ1v) is 6.17. The monoisotopic (exact) mass is 283 g/mol. The molecule has 0 atom stereocenters. The summed E-state index contributed by atoms with van der Waals surface area (Å²) < 4.78 is 5.00. The number of nitrogens with two attached hydrogens (primary N) is 1. The highest BCUT2D eigenvalue weighted by Crippen LogP contribution is 2.20. The van der Waals surface area contributed by atoms with Crippen molar-refractivity contribution in [3.05, 3.63) is 36.5 Å². The van der Waals surface area contributed by atoms with Gasteiger partial charge in [-0.3, -0.25) is 10.4 Å². The lowest BCUT2D eigenvalue weighted by Crippen LogP contribution is -2.13. The van der Waals surface area contributed by atoms with Crippen LogP contribution >= 0.6 is 0 Å².